The first-order chi connectivity index (χ1) is 7.26. The molecule has 0 atom stereocenters. The van der Waals surface area contributed by atoms with Gasteiger partial charge in [0, 0.05) is 18.6 Å². The zero-order valence-corrected chi connectivity index (χ0v) is 9.98. The molecule has 0 amide bonds. The predicted molar refractivity (Wildman–Crippen MR) is 64.7 cm³/mol. The second-order valence-electron chi connectivity index (χ2n) is 4.13. The molecule has 0 bridgehead atoms. The third-order valence-electron chi connectivity index (χ3n) is 2.97. The van der Waals surface area contributed by atoms with E-state index in [1.54, 1.807) is 6.20 Å². The number of halogens is 2. The van der Waals surface area contributed by atoms with Crippen molar-refractivity contribution >= 4 is 29.0 Å². The number of nitrogens with one attached hydrogen (secondary N) is 1. The third kappa shape index (κ3) is 2.76. The molecule has 2 nitrogen and oxygen atoms in total. The molecular weight excluding hydrogens is 231 g/mol. The average Bonchev–Trinajstić information content (AvgIpc) is 2.98. The number of alkyl halides is 1. The summed E-state index contributed by atoms with van der Waals surface area (Å²) in [5, 5.41) is 3.98. The fourth-order valence-electron chi connectivity index (χ4n) is 1.68. The summed E-state index contributed by atoms with van der Waals surface area (Å²) in [4.78, 5) is 4.19. The Bertz CT molecular complexity index is 337. The molecule has 0 spiro atoms. The normalized spacial score (nSPS) is 17.5. The molecule has 0 aromatic carbocycles. The Morgan fingerprint density at radius 3 is 2.87 bits per heavy atom. The standard InChI is InChI=1S/C11H14Cl2N2/c12-6-5-11(3-4-11)8-15-10-9(13)2-1-7-14-10/h1-2,7H,3-6,8H2,(H,14,15). The van der Waals surface area contributed by atoms with Crippen LogP contribution in [0.4, 0.5) is 5.82 Å². The van der Waals surface area contributed by atoms with Crippen molar-refractivity contribution in [1.29, 1.82) is 0 Å². The minimum Gasteiger partial charge on any atom is -0.368 e. The summed E-state index contributed by atoms with van der Waals surface area (Å²) >= 11 is 11.8. The number of rotatable bonds is 5. The molecule has 1 aromatic rings. The fraction of sp³-hybridized carbons (Fsp3) is 0.545. The Hall–Kier alpha value is -0.470. The van der Waals surface area contributed by atoms with Gasteiger partial charge in [0.15, 0.2) is 0 Å². The summed E-state index contributed by atoms with van der Waals surface area (Å²) in [7, 11) is 0. The number of nitrogens with zero attached hydrogens (tertiary/aromatic N) is 1. The monoisotopic (exact) mass is 244 g/mol. The molecule has 1 fully saturated rings. The molecule has 15 heavy (non-hydrogen) atoms. The van der Waals surface area contributed by atoms with Crippen molar-refractivity contribution in [1.82, 2.24) is 4.98 Å². The number of hydrogen-bond acceptors (Lipinski definition) is 2. The van der Waals surface area contributed by atoms with E-state index in [4.69, 9.17) is 23.2 Å². The van der Waals surface area contributed by atoms with Gasteiger partial charge in [0.1, 0.15) is 5.82 Å². The molecule has 1 N–H and O–H groups in total. The summed E-state index contributed by atoms with van der Waals surface area (Å²) in [6, 6.07) is 3.68. The lowest BCUT2D eigenvalue weighted by Crippen LogP contribution is -2.16. The van der Waals surface area contributed by atoms with Crippen LogP contribution in [0.1, 0.15) is 19.3 Å². The van der Waals surface area contributed by atoms with Gasteiger partial charge < -0.3 is 5.32 Å². The number of anilines is 1. The van der Waals surface area contributed by atoms with Gasteiger partial charge >= 0.3 is 0 Å². The highest BCUT2D eigenvalue weighted by atomic mass is 35.5. The van der Waals surface area contributed by atoms with Gasteiger partial charge in [-0.15, -0.1) is 11.6 Å². The topological polar surface area (TPSA) is 24.9 Å². The van der Waals surface area contributed by atoms with Crippen molar-refractivity contribution in [3.8, 4) is 0 Å². The summed E-state index contributed by atoms with van der Waals surface area (Å²) in [5.41, 5.74) is 0.405. The Morgan fingerprint density at radius 2 is 2.27 bits per heavy atom. The highest BCUT2D eigenvalue weighted by Gasteiger charge is 2.41. The molecule has 0 aliphatic heterocycles. The first-order valence-electron chi connectivity index (χ1n) is 5.16. The minimum absolute atomic E-state index is 0.405. The number of hydrogen-bond donors (Lipinski definition) is 1. The zero-order valence-electron chi connectivity index (χ0n) is 8.47. The molecule has 1 aliphatic carbocycles. The molecule has 2 rings (SSSR count). The summed E-state index contributed by atoms with van der Waals surface area (Å²) in [5.74, 6) is 1.51. The van der Waals surface area contributed by atoms with E-state index in [9.17, 15) is 0 Å². The maximum Gasteiger partial charge on any atom is 0.144 e. The first-order valence-corrected chi connectivity index (χ1v) is 6.07. The summed E-state index contributed by atoms with van der Waals surface area (Å²) < 4.78 is 0. The van der Waals surface area contributed by atoms with E-state index in [0.29, 0.717) is 10.4 Å². The second-order valence-corrected chi connectivity index (χ2v) is 4.91. The fourth-order valence-corrected chi connectivity index (χ4v) is 2.27. The van der Waals surface area contributed by atoms with E-state index >= 15 is 0 Å². The van der Waals surface area contributed by atoms with Gasteiger partial charge in [0.2, 0.25) is 0 Å². The van der Waals surface area contributed by atoms with Gasteiger partial charge in [-0.2, -0.15) is 0 Å². The van der Waals surface area contributed by atoms with Crippen molar-refractivity contribution in [2.45, 2.75) is 19.3 Å². The Labute approximate surface area is 100.0 Å². The summed E-state index contributed by atoms with van der Waals surface area (Å²) in [6.07, 6.45) is 5.34. The molecule has 4 heteroatoms. The van der Waals surface area contributed by atoms with Crippen molar-refractivity contribution in [3.05, 3.63) is 23.4 Å². The Morgan fingerprint density at radius 1 is 1.47 bits per heavy atom. The third-order valence-corrected chi connectivity index (χ3v) is 3.47. The van der Waals surface area contributed by atoms with E-state index in [-0.39, 0.29) is 0 Å². The van der Waals surface area contributed by atoms with Gasteiger partial charge in [-0.1, -0.05) is 11.6 Å². The first kappa shape index (κ1) is 11.0. The van der Waals surface area contributed by atoms with Gasteiger partial charge in [-0.05, 0) is 36.8 Å². The van der Waals surface area contributed by atoms with Crippen molar-refractivity contribution in [3.63, 3.8) is 0 Å². The zero-order chi connectivity index (χ0) is 10.7. The van der Waals surface area contributed by atoms with E-state index in [2.05, 4.69) is 10.3 Å². The Balaban J connectivity index is 1.91. The van der Waals surface area contributed by atoms with E-state index in [1.165, 1.54) is 12.8 Å². The van der Waals surface area contributed by atoms with Crippen LogP contribution in [0.15, 0.2) is 18.3 Å². The van der Waals surface area contributed by atoms with Crippen LogP contribution in [0, 0.1) is 5.41 Å². The largest absolute Gasteiger partial charge is 0.368 e. The number of aromatic nitrogens is 1. The van der Waals surface area contributed by atoms with Crippen LogP contribution in [0.2, 0.25) is 5.02 Å². The lowest BCUT2D eigenvalue weighted by Gasteiger charge is -2.15. The molecule has 0 unspecified atom stereocenters. The van der Waals surface area contributed by atoms with Crippen LogP contribution in [0.5, 0.6) is 0 Å². The van der Waals surface area contributed by atoms with Crippen LogP contribution in [-0.4, -0.2) is 17.4 Å². The van der Waals surface area contributed by atoms with Crippen LogP contribution in [0.25, 0.3) is 0 Å². The lowest BCUT2D eigenvalue weighted by atomic mass is 10.0. The average molecular weight is 245 g/mol. The molecule has 1 aromatic heterocycles. The molecule has 0 saturated heterocycles. The van der Waals surface area contributed by atoms with Crippen molar-refractivity contribution < 1.29 is 0 Å². The minimum atomic E-state index is 0.405. The molecule has 0 radical (unpaired) electrons. The van der Waals surface area contributed by atoms with Gasteiger partial charge in [0.25, 0.3) is 0 Å². The highest BCUT2D eigenvalue weighted by molar-refractivity contribution is 6.32. The maximum atomic E-state index is 6.00. The molecule has 1 heterocycles. The van der Waals surface area contributed by atoms with E-state index in [0.717, 1.165) is 24.7 Å². The van der Waals surface area contributed by atoms with E-state index in [1.807, 2.05) is 12.1 Å². The lowest BCUT2D eigenvalue weighted by molar-refractivity contribution is 0.524. The van der Waals surface area contributed by atoms with Crippen LogP contribution in [0.3, 0.4) is 0 Å². The SMILES string of the molecule is ClCCC1(CNc2ncccc2Cl)CC1. The van der Waals surface area contributed by atoms with Gasteiger partial charge in [0.05, 0.1) is 5.02 Å². The van der Waals surface area contributed by atoms with Gasteiger partial charge in [-0.3, -0.25) is 0 Å². The van der Waals surface area contributed by atoms with Crippen molar-refractivity contribution in [2.24, 2.45) is 5.41 Å². The van der Waals surface area contributed by atoms with Crippen LogP contribution >= 0.6 is 23.2 Å². The molecular formula is C11H14Cl2N2. The molecule has 1 saturated carbocycles. The quantitative estimate of drug-likeness (QED) is 0.802. The van der Waals surface area contributed by atoms with Gasteiger partial charge in [-0.25, -0.2) is 4.98 Å². The highest BCUT2D eigenvalue weighted by Crippen LogP contribution is 2.49. The second kappa shape index (κ2) is 4.58. The predicted octanol–water partition coefficient (Wildman–Crippen LogP) is 3.56. The Kier molecular flexibility index (Phi) is 3.37. The molecule has 1 aliphatic rings. The maximum absolute atomic E-state index is 6.00. The molecule has 82 valence electrons. The van der Waals surface area contributed by atoms with E-state index < -0.39 is 0 Å². The van der Waals surface area contributed by atoms with Crippen LogP contribution < -0.4 is 5.32 Å². The van der Waals surface area contributed by atoms with Crippen molar-refractivity contribution in [2.75, 3.05) is 17.7 Å². The van der Waals surface area contributed by atoms with Crippen LogP contribution in [-0.2, 0) is 0 Å². The number of pyridine rings is 1. The smallest absolute Gasteiger partial charge is 0.144 e. The summed E-state index contributed by atoms with van der Waals surface area (Å²) in [6.45, 7) is 0.927.